The van der Waals surface area contributed by atoms with Gasteiger partial charge >= 0.3 is 11.9 Å². The highest BCUT2D eigenvalue weighted by atomic mass is 17.0. The summed E-state index contributed by atoms with van der Waals surface area (Å²) in [5, 5.41) is 47.2. The molecule has 1 unspecified atom stereocenters. The molecule has 0 saturated carbocycles. The van der Waals surface area contributed by atoms with Crippen molar-refractivity contribution in [3.05, 3.63) is 10.1 Å². The Morgan fingerprint density at radius 2 is 1.54 bits per heavy atom. The molecule has 0 aromatic rings. The summed E-state index contributed by atoms with van der Waals surface area (Å²) in [6.07, 6.45) is -0.0993. The molecule has 18 heteroatoms. The van der Waals surface area contributed by atoms with E-state index in [1.54, 1.807) is 48.5 Å². The van der Waals surface area contributed by atoms with Crippen LogP contribution in [0.25, 0.3) is 0 Å². The van der Waals surface area contributed by atoms with Gasteiger partial charge in [0.2, 0.25) is 0 Å². The molecule has 0 amide bonds. The van der Waals surface area contributed by atoms with E-state index in [0.717, 1.165) is 25.8 Å². The van der Waals surface area contributed by atoms with Crippen LogP contribution in [0.5, 0.6) is 0 Å². The SMILES string of the molecule is CCCCCCCCCCN(C)C1C[C@@H](C)O[C@@H](O[C@@H]2[C@@H](C)[C@H](O[C@H]3C[C@@](C)(OC)[C@@H](O[N+](=O)[O-])[C@H](C)O3)[C@@H](C)C(=O)O[C@H](CC)[C@@](C)(O)[C@H](O)[C@@H](C)N(C)C[C@H](C)C[C@@]2(C)O)[C@@H]1OC(C)=O. The van der Waals surface area contributed by atoms with Crippen molar-refractivity contribution in [1.82, 2.24) is 9.80 Å². The summed E-state index contributed by atoms with van der Waals surface area (Å²) in [5.74, 6) is -3.48. The van der Waals surface area contributed by atoms with Gasteiger partial charge in [0.25, 0.3) is 5.09 Å². The summed E-state index contributed by atoms with van der Waals surface area (Å²) in [4.78, 5) is 48.2. The molecule has 0 bridgehead atoms. The number of aliphatic hydroxyl groups is 3. The van der Waals surface area contributed by atoms with Crippen molar-refractivity contribution in [1.29, 1.82) is 0 Å². The Morgan fingerprint density at radius 1 is 0.925 bits per heavy atom. The minimum absolute atomic E-state index is 0.0519. The predicted octanol–water partition coefficient (Wildman–Crippen LogP) is 6.20. The van der Waals surface area contributed by atoms with E-state index in [9.17, 15) is 35.0 Å². The molecule has 0 aliphatic carbocycles. The van der Waals surface area contributed by atoms with Crippen molar-refractivity contribution in [2.24, 2.45) is 17.8 Å². The lowest BCUT2D eigenvalue weighted by Gasteiger charge is -2.49. The molecule has 3 rings (SSSR count). The monoisotopic (exact) mass is 962 g/mol. The van der Waals surface area contributed by atoms with Gasteiger partial charge in [-0.25, -0.2) is 0 Å². The van der Waals surface area contributed by atoms with E-state index in [4.69, 9.17) is 38.0 Å². The summed E-state index contributed by atoms with van der Waals surface area (Å²) in [6.45, 7) is 22.0. The van der Waals surface area contributed by atoms with Gasteiger partial charge in [-0.2, -0.15) is 0 Å². The van der Waals surface area contributed by atoms with Gasteiger partial charge in [0, 0.05) is 39.0 Å². The second-order valence-corrected chi connectivity index (χ2v) is 21.0. The summed E-state index contributed by atoms with van der Waals surface area (Å²) in [7, 11) is 5.26. The molecule has 3 aliphatic heterocycles. The number of unbranched alkanes of at least 4 members (excludes halogenated alkanes) is 7. The number of hydrogen-bond acceptors (Lipinski definition) is 17. The van der Waals surface area contributed by atoms with Crippen LogP contribution in [0.4, 0.5) is 0 Å². The van der Waals surface area contributed by atoms with Crippen LogP contribution in [0, 0.1) is 27.9 Å². The largest absolute Gasteiger partial charge is 0.459 e. The standard InChI is InChI=1S/C49H91N3O15/c1-16-18-19-20-21-22-23-24-25-50(13)37-26-31(4)61-46(41(37)63-36(9)53)66-43-32(5)40(65-39-28-48(11,60-15)44(35(8)62-39)67-52(58)59)33(6)45(55)64-38(17-2)49(12,57)42(54)34(7)51(14)29-30(3)27-47(43,10)56/h30-35,37-44,46,54,56-57H,16-29H2,1-15H3/t30-,31-,32+,33-,34-,35+,37?,38-,39+,40+,41-,42-,43-,44+,46+,47-,48-,49-/m1/s1. The zero-order valence-electron chi connectivity index (χ0n) is 43.6. The third kappa shape index (κ3) is 16.1. The number of ether oxygens (including phenoxy) is 7. The zero-order valence-corrected chi connectivity index (χ0v) is 43.6. The van der Waals surface area contributed by atoms with E-state index in [0.29, 0.717) is 13.0 Å². The molecule has 3 fully saturated rings. The second kappa shape index (κ2) is 26.3. The van der Waals surface area contributed by atoms with Crippen LogP contribution in [0.3, 0.4) is 0 Å². The summed E-state index contributed by atoms with van der Waals surface area (Å²) < 4.78 is 44.8. The molecule has 3 aliphatic rings. The Kier molecular flexibility index (Phi) is 23.1. The zero-order chi connectivity index (χ0) is 50.6. The first kappa shape index (κ1) is 59.1. The van der Waals surface area contributed by atoms with Crippen LogP contribution in [0.2, 0.25) is 0 Å². The van der Waals surface area contributed by atoms with E-state index in [1.807, 2.05) is 32.8 Å². The predicted molar refractivity (Wildman–Crippen MR) is 251 cm³/mol. The molecule has 0 aromatic heterocycles. The smallest absolute Gasteiger partial charge is 0.311 e. The number of aliphatic hydroxyl groups excluding tert-OH is 1. The third-order valence-electron chi connectivity index (χ3n) is 14.9. The number of esters is 2. The summed E-state index contributed by atoms with van der Waals surface area (Å²) >= 11 is 0. The Hall–Kier alpha value is -2.26. The topological polar surface area (TPSA) is 218 Å². The molecular formula is C49H91N3O15. The first-order valence-corrected chi connectivity index (χ1v) is 25.1. The molecule has 18 atom stereocenters. The maximum absolute atomic E-state index is 14.6. The number of cyclic esters (lactones) is 1. The van der Waals surface area contributed by atoms with Crippen molar-refractivity contribution < 1.29 is 68.0 Å². The van der Waals surface area contributed by atoms with Crippen LogP contribution in [0.1, 0.15) is 160 Å². The summed E-state index contributed by atoms with van der Waals surface area (Å²) in [6, 6.07) is -0.882. The lowest BCUT2D eigenvalue weighted by Crippen LogP contribution is -2.61. The van der Waals surface area contributed by atoms with Gasteiger partial charge in [0.1, 0.15) is 17.8 Å². The number of nitrogens with zero attached hydrogens (tertiary/aromatic N) is 3. The van der Waals surface area contributed by atoms with E-state index < -0.39 is 107 Å². The molecule has 0 radical (unpaired) electrons. The van der Waals surface area contributed by atoms with E-state index >= 15 is 0 Å². The highest BCUT2D eigenvalue weighted by Crippen LogP contribution is 2.41. The number of hydrogen-bond donors (Lipinski definition) is 3. The highest BCUT2D eigenvalue weighted by molar-refractivity contribution is 5.73. The molecule has 3 saturated heterocycles. The average molecular weight is 962 g/mol. The maximum atomic E-state index is 14.6. The van der Waals surface area contributed by atoms with Gasteiger partial charge in [0.05, 0.1) is 47.6 Å². The van der Waals surface area contributed by atoms with Crippen LogP contribution >= 0.6 is 0 Å². The molecular weight excluding hydrogens is 871 g/mol. The lowest BCUT2D eigenvalue weighted by molar-refractivity contribution is -0.776. The molecule has 0 aromatic carbocycles. The molecule has 3 heterocycles. The van der Waals surface area contributed by atoms with Crippen molar-refractivity contribution >= 4 is 11.9 Å². The Bertz CT molecular complexity index is 1520. The Balaban J connectivity index is 2.16. The molecule has 67 heavy (non-hydrogen) atoms. The Labute approximate surface area is 401 Å². The van der Waals surface area contributed by atoms with Gasteiger partial charge in [-0.1, -0.05) is 72.6 Å². The van der Waals surface area contributed by atoms with Gasteiger partial charge < -0.3 is 58.2 Å². The fourth-order valence-corrected chi connectivity index (χ4v) is 10.9. The lowest BCUT2D eigenvalue weighted by atomic mass is 9.77. The van der Waals surface area contributed by atoms with Crippen molar-refractivity contribution in [3.63, 3.8) is 0 Å². The van der Waals surface area contributed by atoms with Crippen LogP contribution in [-0.2, 0) is 47.6 Å². The third-order valence-corrected chi connectivity index (χ3v) is 14.9. The number of likely N-dealkylation sites (N-methyl/N-ethyl adjacent to an activating group) is 2. The van der Waals surface area contributed by atoms with E-state index in [1.165, 1.54) is 53.1 Å². The first-order valence-electron chi connectivity index (χ1n) is 25.1. The van der Waals surface area contributed by atoms with Crippen molar-refractivity contribution in [2.75, 3.05) is 34.3 Å². The van der Waals surface area contributed by atoms with Gasteiger partial charge in [-0.3, -0.25) is 14.5 Å². The highest BCUT2D eigenvalue weighted by Gasteiger charge is 2.54. The Morgan fingerprint density at radius 3 is 2.10 bits per heavy atom. The van der Waals surface area contributed by atoms with Crippen LogP contribution in [-0.4, -0.2) is 167 Å². The van der Waals surface area contributed by atoms with E-state index in [2.05, 4.69) is 11.8 Å². The number of carbonyl (C=O) groups is 2. The fourth-order valence-electron chi connectivity index (χ4n) is 10.9. The summed E-state index contributed by atoms with van der Waals surface area (Å²) in [5.41, 5.74) is -4.81. The number of methoxy groups -OCH3 is 1. The van der Waals surface area contributed by atoms with Gasteiger partial charge in [-0.05, 0) is 101 Å². The maximum Gasteiger partial charge on any atom is 0.311 e. The normalized spacial score (nSPS) is 40.9. The molecule has 392 valence electrons. The molecule has 18 nitrogen and oxygen atoms in total. The van der Waals surface area contributed by atoms with Crippen LogP contribution < -0.4 is 0 Å². The molecule has 0 spiro atoms. The van der Waals surface area contributed by atoms with Gasteiger partial charge in [0.15, 0.2) is 24.8 Å². The second-order valence-electron chi connectivity index (χ2n) is 21.0. The first-order chi connectivity index (χ1) is 31.2. The minimum Gasteiger partial charge on any atom is -0.459 e. The van der Waals surface area contributed by atoms with Crippen molar-refractivity contribution in [3.8, 4) is 0 Å². The van der Waals surface area contributed by atoms with Gasteiger partial charge in [-0.15, -0.1) is 10.1 Å². The number of rotatable bonds is 19. The van der Waals surface area contributed by atoms with E-state index in [-0.39, 0.29) is 37.3 Å². The number of carbonyl (C=O) groups excluding carboxylic acids is 2. The minimum atomic E-state index is -1.87. The van der Waals surface area contributed by atoms with Crippen molar-refractivity contribution in [2.45, 2.75) is 250 Å². The average Bonchev–Trinajstić information content (AvgIpc) is 3.24. The fraction of sp³-hybridized carbons (Fsp3) is 0.959. The van der Waals surface area contributed by atoms with Crippen LogP contribution in [0.15, 0.2) is 0 Å². The molecule has 3 N–H and O–H groups in total. The quantitative estimate of drug-likeness (QED) is 0.0568.